The molecule has 2 atom stereocenters. The predicted molar refractivity (Wildman–Crippen MR) is 333 cm³/mol. The fraction of sp³-hybridized carbons (Fsp3) is 0.943. The number of aliphatic hydroxyl groups excluding tert-OH is 2. The average Bonchev–Trinajstić information content (AvgIpc) is 3.42. The summed E-state index contributed by atoms with van der Waals surface area (Å²) in [5.74, 6) is -0.0127. The molecule has 0 rings (SSSR count). The minimum atomic E-state index is -0.663. The molecule has 6 heteroatoms. The zero-order chi connectivity index (χ0) is 55.0. The van der Waals surface area contributed by atoms with Crippen molar-refractivity contribution in [2.24, 2.45) is 0 Å². The lowest BCUT2D eigenvalue weighted by molar-refractivity contribution is -0.143. The van der Waals surface area contributed by atoms with Gasteiger partial charge in [0.15, 0.2) is 0 Å². The lowest BCUT2D eigenvalue weighted by Gasteiger charge is -2.22. The molecule has 1 amide bonds. The van der Waals surface area contributed by atoms with Gasteiger partial charge in [-0.25, -0.2) is 0 Å². The van der Waals surface area contributed by atoms with Crippen LogP contribution in [-0.4, -0.2) is 47.4 Å². The zero-order valence-corrected chi connectivity index (χ0v) is 51.8. The lowest BCUT2D eigenvalue weighted by Crippen LogP contribution is -2.45. The second-order valence-electron chi connectivity index (χ2n) is 24.2. The predicted octanol–water partition coefficient (Wildman–Crippen LogP) is 22.4. The van der Waals surface area contributed by atoms with Crippen LogP contribution < -0.4 is 5.32 Å². The molecule has 0 aromatic heterocycles. The molecule has 0 aromatic carbocycles. The highest BCUT2D eigenvalue weighted by Gasteiger charge is 2.20. The van der Waals surface area contributed by atoms with Crippen molar-refractivity contribution in [2.45, 2.75) is 411 Å². The van der Waals surface area contributed by atoms with E-state index in [2.05, 4.69) is 31.3 Å². The number of hydrogen-bond acceptors (Lipinski definition) is 5. The Labute approximate surface area is 476 Å². The Bertz CT molecular complexity index is 1140. The molecule has 3 N–H and O–H groups in total. The van der Waals surface area contributed by atoms with Crippen LogP contribution >= 0.6 is 0 Å². The van der Waals surface area contributed by atoms with Gasteiger partial charge in [-0.05, 0) is 51.4 Å². The van der Waals surface area contributed by atoms with Gasteiger partial charge in [-0.1, -0.05) is 347 Å². The number of allylic oxidation sites excluding steroid dienone is 2. The van der Waals surface area contributed by atoms with Crippen LogP contribution in [0.15, 0.2) is 12.2 Å². The highest BCUT2D eigenvalue weighted by atomic mass is 16.5. The molecule has 0 saturated heterocycles. The van der Waals surface area contributed by atoms with Gasteiger partial charge in [0.05, 0.1) is 25.4 Å². The monoisotopic (exact) mass is 1070 g/mol. The molecule has 0 aliphatic carbocycles. The van der Waals surface area contributed by atoms with Crippen LogP contribution in [0, 0.1) is 0 Å². The van der Waals surface area contributed by atoms with Crippen molar-refractivity contribution in [3.05, 3.63) is 12.2 Å². The van der Waals surface area contributed by atoms with Gasteiger partial charge in [-0.15, -0.1) is 0 Å². The molecule has 0 aromatic rings. The van der Waals surface area contributed by atoms with Crippen LogP contribution in [-0.2, 0) is 14.3 Å². The molecule has 0 heterocycles. The second kappa shape index (κ2) is 66.1. The van der Waals surface area contributed by atoms with Crippen LogP contribution in [0.1, 0.15) is 399 Å². The van der Waals surface area contributed by atoms with E-state index in [1.54, 1.807) is 0 Å². The van der Waals surface area contributed by atoms with Crippen LogP contribution in [0.3, 0.4) is 0 Å². The second-order valence-corrected chi connectivity index (χ2v) is 24.2. The Hall–Kier alpha value is -1.40. The van der Waals surface area contributed by atoms with Gasteiger partial charge in [0.1, 0.15) is 0 Å². The largest absolute Gasteiger partial charge is 0.466 e. The molecule has 452 valence electrons. The molecule has 0 aliphatic rings. The third-order valence-corrected chi connectivity index (χ3v) is 16.6. The maximum Gasteiger partial charge on any atom is 0.305 e. The Balaban J connectivity index is 3.34. The normalized spacial score (nSPS) is 12.5. The molecule has 0 fully saturated rings. The summed E-state index contributed by atoms with van der Waals surface area (Å²) in [7, 11) is 0. The molecule has 6 nitrogen and oxygen atoms in total. The number of ether oxygens (including phenoxy) is 1. The third kappa shape index (κ3) is 61.8. The molecular weight excluding hydrogens is 935 g/mol. The summed E-state index contributed by atoms with van der Waals surface area (Å²) in [6.45, 7) is 4.99. The summed E-state index contributed by atoms with van der Waals surface area (Å²) in [5.41, 5.74) is 0. The van der Waals surface area contributed by atoms with E-state index in [-0.39, 0.29) is 18.5 Å². The minimum absolute atomic E-state index is 0.0208. The van der Waals surface area contributed by atoms with E-state index in [0.717, 1.165) is 38.5 Å². The maximum absolute atomic E-state index is 12.5. The van der Waals surface area contributed by atoms with Gasteiger partial charge in [-0.3, -0.25) is 9.59 Å². The number of nitrogens with one attached hydrogen (secondary N) is 1. The van der Waals surface area contributed by atoms with Crippen molar-refractivity contribution in [3.8, 4) is 0 Å². The van der Waals surface area contributed by atoms with E-state index in [0.29, 0.717) is 25.9 Å². The minimum Gasteiger partial charge on any atom is -0.466 e. The summed E-state index contributed by atoms with van der Waals surface area (Å²) in [4.78, 5) is 24.6. The van der Waals surface area contributed by atoms with Gasteiger partial charge in [0.2, 0.25) is 5.91 Å². The molecule has 0 saturated carbocycles. The molecule has 0 spiro atoms. The van der Waals surface area contributed by atoms with E-state index in [1.165, 1.54) is 327 Å². The van der Waals surface area contributed by atoms with Gasteiger partial charge in [-0.2, -0.15) is 0 Å². The number of hydrogen-bond donors (Lipinski definition) is 3. The van der Waals surface area contributed by atoms with E-state index in [1.807, 2.05) is 0 Å². The quantitative estimate of drug-likeness (QED) is 0.0320. The molecule has 2 unspecified atom stereocenters. The Morgan fingerprint density at radius 3 is 0.934 bits per heavy atom. The summed E-state index contributed by atoms with van der Waals surface area (Å²) in [5, 5.41) is 23.3. The summed E-state index contributed by atoms with van der Waals surface area (Å²) in [6, 6.07) is -0.541. The van der Waals surface area contributed by atoms with Gasteiger partial charge >= 0.3 is 5.97 Å². The van der Waals surface area contributed by atoms with E-state index < -0.39 is 12.1 Å². The first-order valence-electron chi connectivity index (χ1n) is 34.9. The number of carbonyl (C=O) groups is 2. The first-order valence-corrected chi connectivity index (χ1v) is 34.9. The molecule has 0 aliphatic heterocycles. The highest BCUT2D eigenvalue weighted by Crippen LogP contribution is 2.19. The van der Waals surface area contributed by atoms with Crippen molar-refractivity contribution in [1.82, 2.24) is 5.32 Å². The van der Waals surface area contributed by atoms with Gasteiger partial charge < -0.3 is 20.3 Å². The fourth-order valence-electron chi connectivity index (χ4n) is 11.2. The number of amides is 1. The fourth-order valence-corrected chi connectivity index (χ4v) is 11.2. The maximum atomic E-state index is 12.5. The van der Waals surface area contributed by atoms with Crippen LogP contribution in [0.4, 0.5) is 0 Å². The molecular formula is C70H137NO5. The standard InChI is InChI=1S/C70H137NO5/c1-3-5-7-9-11-13-15-17-18-19-29-33-36-40-44-48-52-56-60-64-70(75)76-65-61-57-53-49-45-41-37-34-31-28-26-24-22-20-21-23-25-27-30-32-35-39-43-47-51-55-59-63-69(74)71-67(66-72)68(73)62-58-54-50-46-42-38-16-14-12-10-8-6-4-2/h20-21,67-68,72-73H,3-19,22-66H2,1-2H3,(H,71,74)/b21-20-. The van der Waals surface area contributed by atoms with Crippen LogP contribution in [0.5, 0.6) is 0 Å². The van der Waals surface area contributed by atoms with Crippen LogP contribution in [0.25, 0.3) is 0 Å². The smallest absolute Gasteiger partial charge is 0.305 e. The van der Waals surface area contributed by atoms with Gasteiger partial charge in [0.25, 0.3) is 0 Å². The molecule has 0 bridgehead atoms. The van der Waals surface area contributed by atoms with Crippen molar-refractivity contribution in [2.75, 3.05) is 13.2 Å². The first kappa shape index (κ1) is 74.6. The topological polar surface area (TPSA) is 95.9 Å². The lowest BCUT2D eigenvalue weighted by atomic mass is 10.0. The average molecular weight is 1070 g/mol. The van der Waals surface area contributed by atoms with Crippen molar-refractivity contribution >= 4 is 11.9 Å². The number of esters is 1. The Kier molecular flexibility index (Phi) is 64.9. The molecule has 76 heavy (non-hydrogen) atoms. The zero-order valence-electron chi connectivity index (χ0n) is 51.8. The Morgan fingerprint density at radius 1 is 0.355 bits per heavy atom. The summed E-state index contributed by atoms with van der Waals surface area (Å²) in [6.07, 6.45) is 81.2. The molecule has 0 radical (unpaired) electrons. The summed E-state index contributed by atoms with van der Waals surface area (Å²) >= 11 is 0. The van der Waals surface area contributed by atoms with Gasteiger partial charge in [0, 0.05) is 12.8 Å². The number of rotatable bonds is 66. The Morgan fingerprint density at radius 2 is 0.618 bits per heavy atom. The summed E-state index contributed by atoms with van der Waals surface area (Å²) < 4.78 is 5.51. The highest BCUT2D eigenvalue weighted by molar-refractivity contribution is 5.76. The third-order valence-electron chi connectivity index (χ3n) is 16.6. The van der Waals surface area contributed by atoms with Crippen molar-refractivity contribution < 1.29 is 24.5 Å². The van der Waals surface area contributed by atoms with E-state index in [4.69, 9.17) is 4.74 Å². The van der Waals surface area contributed by atoms with E-state index in [9.17, 15) is 19.8 Å². The van der Waals surface area contributed by atoms with Crippen LogP contribution in [0.2, 0.25) is 0 Å². The van der Waals surface area contributed by atoms with Crippen molar-refractivity contribution in [3.63, 3.8) is 0 Å². The number of unbranched alkanes of at least 4 members (excludes halogenated alkanes) is 53. The van der Waals surface area contributed by atoms with E-state index >= 15 is 0 Å². The SMILES string of the molecule is CCCCCCCCCCCCCCCCCCCCCC(=O)OCCCCCCCCCCCCCC/C=C\CCCCCCCCCCCCCC(=O)NC(CO)C(O)CCCCCCCCCCCCCCC. The van der Waals surface area contributed by atoms with Crippen molar-refractivity contribution in [1.29, 1.82) is 0 Å². The number of aliphatic hydroxyl groups is 2. The first-order chi connectivity index (χ1) is 37.5. The number of carbonyl (C=O) groups excluding carboxylic acids is 2.